The number of rotatable bonds is 3. The van der Waals surface area contributed by atoms with Gasteiger partial charge in [-0.2, -0.15) is 0 Å². The van der Waals surface area contributed by atoms with E-state index in [1.165, 1.54) is 19.1 Å². The Balaban J connectivity index is 1.39. The molecule has 2 aliphatic carbocycles. The van der Waals surface area contributed by atoms with Gasteiger partial charge in [-0.3, -0.25) is 19.3 Å². The highest BCUT2D eigenvalue weighted by Crippen LogP contribution is 2.53. The van der Waals surface area contributed by atoms with Crippen molar-refractivity contribution in [3.05, 3.63) is 46.4 Å². The number of Topliss-reactive ketones (excluding diaryl/α,β-unsaturated/α-hetero) is 2. The number of carbonyl (C=O) groups is 4. The van der Waals surface area contributed by atoms with Crippen molar-refractivity contribution in [3.8, 4) is 11.5 Å². The van der Waals surface area contributed by atoms with E-state index in [2.05, 4.69) is 32.7 Å². The molecule has 3 amide bonds. The van der Waals surface area contributed by atoms with Crippen LogP contribution >= 0.6 is 0 Å². The molecule has 1 saturated heterocycles. The lowest BCUT2D eigenvalue weighted by atomic mass is 9.65. The zero-order chi connectivity index (χ0) is 31.2. The lowest BCUT2D eigenvalue weighted by Crippen LogP contribution is -2.63. The van der Waals surface area contributed by atoms with E-state index < -0.39 is 24.2 Å². The van der Waals surface area contributed by atoms with Crippen molar-refractivity contribution in [1.29, 1.82) is 0 Å². The molecule has 1 aromatic carbocycles. The number of fused-ring (bicyclic) bond motifs is 1. The number of likely N-dealkylation sites (N-methyl/N-ethyl adjacent to an activating group) is 3. The fourth-order valence-electron chi connectivity index (χ4n) is 6.98. The number of urea groups is 1. The molecule has 0 N–H and O–H groups in total. The van der Waals surface area contributed by atoms with E-state index in [4.69, 9.17) is 14.2 Å². The highest BCUT2D eigenvalue weighted by molar-refractivity contribution is 6.06. The number of ether oxygens (including phenoxy) is 3. The van der Waals surface area contributed by atoms with Crippen molar-refractivity contribution in [1.82, 2.24) is 14.7 Å². The summed E-state index contributed by atoms with van der Waals surface area (Å²) < 4.78 is 18.3. The Morgan fingerprint density at radius 3 is 1.98 bits per heavy atom. The Morgan fingerprint density at radius 2 is 1.42 bits per heavy atom. The number of amides is 3. The van der Waals surface area contributed by atoms with Gasteiger partial charge >= 0.3 is 6.03 Å². The highest BCUT2D eigenvalue weighted by Gasteiger charge is 2.51. The molecule has 1 aromatic rings. The molecule has 0 radical (unpaired) electrons. The summed E-state index contributed by atoms with van der Waals surface area (Å²) in [5.74, 6) is 1.03. The first-order valence-corrected chi connectivity index (χ1v) is 14.5. The zero-order valence-electron chi connectivity index (χ0n) is 25.9. The Kier molecular flexibility index (Phi) is 6.52. The van der Waals surface area contributed by atoms with Crippen LogP contribution in [0.3, 0.4) is 0 Å². The number of imide groups is 1. The monoisotopic (exact) mass is 590 g/mol. The fourth-order valence-corrected chi connectivity index (χ4v) is 6.98. The van der Waals surface area contributed by atoms with Gasteiger partial charge in [-0.1, -0.05) is 33.8 Å². The molecule has 0 saturated carbocycles. The van der Waals surface area contributed by atoms with E-state index in [1.54, 1.807) is 31.1 Å². The number of amidine groups is 1. The summed E-state index contributed by atoms with van der Waals surface area (Å²) >= 11 is 0. The summed E-state index contributed by atoms with van der Waals surface area (Å²) in [5.41, 5.74) is 1.32. The molecule has 3 heterocycles. The molecule has 43 heavy (non-hydrogen) atoms. The van der Waals surface area contributed by atoms with Crippen molar-refractivity contribution in [2.75, 3.05) is 28.3 Å². The predicted molar refractivity (Wildman–Crippen MR) is 156 cm³/mol. The molecule has 11 heteroatoms. The van der Waals surface area contributed by atoms with Gasteiger partial charge in [0.05, 0.1) is 7.11 Å². The topological polar surface area (TPSA) is 118 Å². The number of benzene rings is 1. The molecule has 5 aliphatic rings. The molecule has 11 nitrogen and oxygen atoms in total. The first-order chi connectivity index (χ1) is 20.1. The number of methoxy groups -OCH3 is 1. The molecule has 0 spiro atoms. The molecule has 0 aromatic heterocycles. The van der Waals surface area contributed by atoms with Crippen molar-refractivity contribution in [2.45, 2.75) is 71.5 Å². The van der Waals surface area contributed by atoms with Crippen LogP contribution in [0, 0.1) is 10.8 Å². The van der Waals surface area contributed by atoms with Gasteiger partial charge in [-0.05, 0) is 28.5 Å². The number of ketones is 2. The van der Waals surface area contributed by atoms with Gasteiger partial charge in [0.25, 0.3) is 11.9 Å². The van der Waals surface area contributed by atoms with Crippen LogP contribution in [-0.4, -0.2) is 84.7 Å². The van der Waals surface area contributed by atoms with E-state index in [9.17, 15) is 19.2 Å². The number of allylic oxidation sites excluding steroid dienone is 4. The van der Waals surface area contributed by atoms with Crippen molar-refractivity contribution in [2.24, 2.45) is 15.8 Å². The smallest absolute Gasteiger partial charge is 0.328 e. The van der Waals surface area contributed by atoms with Crippen LogP contribution in [0.2, 0.25) is 0 Å². The minimum atomic E-state index is -0.720. The van der Waals surface area contributed by atoms with Gasteiger partial charge < -0.3 is 24.0 Å². The van der Waals surface area contributed by atoms with E-state index in [0.717, 1.165) is 10.5 Å². The third-order valence-corrected chi connectivity index (χ3v) is 9.12. The molecule has 1 fully saturated rings. The summed E-state index contributed by atoms with van der Waals surface area (Å²) in [7, 11) is 6.24. The third-order valence-electron chi connectivity index (χ3n) is 9.12. The maximum Gasteiger partial charge on any atom is 0.328 e. The van der Waals surface area contributed by atoms with Gasteiger partial charge in [0.2, 0.25) is 0 Å². The lowest BCUT2D eigenvalue weighted by Gasteiger charge is -2.42. The fraction of sp³-hybridized carbons (Fsp3) is 0.531. The first kappa shape index (κ1) is 28.9. The minimum absolute atomic E-state index is 0.0161. The van der Waals surface area contributed by atoms with E-state index in [0.29, 0.717) is 59.8 Å². The molecule has 3 aliphatic heterocycles. The quantitative estimate of drug-likeness (QED) is 0.519. The predicted octanol–water partition coefficient (Wildman–Crippen LogP) is 3.99. The van der Waals surface area contributed by atoms with Gasteiger partial charge in [0.15, 0.2) is 35.3 Å². The van der Waals surface area contributed by atoms with Crippen molar-refractivity contribution >= 4 is 29.5 Å². The Morgan fingerprint density at radius 1 is 0.837 bits per heavy atom. The van der Waals surface area contributed by atoms with Gasteiger partial charge in [0, 0.05) is 63.9 Å². The number of hydrogen-bond acceptors (Lipinski definition) is 9. The van der Waals surface area contributed by atoms with Crippen LogP contribution in [0.25, 0.3) is 0 Å². The number of aliphatic imine (C=N–C) groups is 1. The molecule has 228 valence electrons. The maximum atomic E-state index is 13.6. The molecule has 2 atom stereocenters. The zero-order valence-corrected chi connectivity index (χ0v) is 25.9. The standard InChI is InChI=1S/C32H38N4O7/c1-31(2)12-17(37)24-21(14-31)42-22-15-32(3,4)13-18(38)25(22)23(24)16-9-10-19(20(11-16)41-8)43-29-33-27-26(34(29)5)28(39)36(7)30(40)35(27)6/h9-11,23,26-27H,12-15H2,1-8H3. The molecular weight excluding hydrogens is 552 g/mol. The molecule has 0 bridgehead atoms. The highest BCUT2D eigenvalue weighted by atomic mass is 16.5. The minimum Gasteiger partial charge on any atom is -0.493 e. The summed E-state index contributed by atoms with van der Waals surface area (Å²) in [4.78, 5) is 61.3. The molecule has 6 rings (SSSR count). The lowest BCUT2D eigenvalue weighted by molar-refractivity contribution is -0.135. The summed E-state index contributed by atoms with van der Waals surface area (Å²) in [6.07, 6.45) is 1.22. The summed E-state index contributed by atoms with van der Waals surface area (Å²) in [5, 5.41) is 0. The molecule has 2 unspecified atom stereocenters. The van der Waals surface area contributed by atoms with Gasteiger partial charge in [-0.15, -0.1) is 0 Å². The SMILES string of the molecule is COc1cc(C2C3=C(CC(C)(C)CC3=O)OC3=C2C(=O)CC(C)(C)C3)ccc1OC1=NC2C(C(=O)N(C)C(=O)N2C)N1C. The number of hydrogen-bond donors (Lipinski definition) is 0. The van der Waals surface area contributed by atoms with Crippen LogP contribution in [0.15, 0.2) is 45.9 Å². The Labute approximate surface area is 251 Å². The van der Waals surface area contributed by atoms with E-state index in [1.807, 2.05) is 6.07 Å². The summed E-state index contributed by atoms with van der Waals surface area (Å²) in [6.45, 7) is 8.22. The van der Waals surface area contributed by atoms with Crippen LogP contribution in [0.5, 0.6) is 11.5 Å². The van der Waals surface area contributed by atoms with Crippen LogP contribution in [-0.2, 0) is 19.1 Å². The maximum absolute atomic E-state index is 13.6. The average molecular weight is 591 g/mol. The largest absolute Gasteiger partial charge is 0.493 e. The molecular formula is C32H38N4O7. The number of nitrogens with zero attached hydrogens (tertiary/aromatic N) is 4. The second kappa shape index (κ2) is 9.68. The first-order valence-electron chi connectivity index (χ1n) is 14.5. The van der Waals surface area contributed by atoms with Crippen molar-refractivity contribution in [3.63, 3.8) is 0 Å². The van der Waals surface area contributed by atoms with Gasteiger partial charge in [0.1, 0.15) is 11.5 Å². The van der Waals surface area contributed by atoms with Crippen LogP contribution < -0.4 is 9.47 Å². The normalized spacial score (nSPS) is 26.7. The van der Waals surface area contributed by atoms with Gasteiger partial charge in [-0.25, -0.2) is 9.79 Å². The van der Waals surface area contributed by atoms with E-state index >= 15 is 0 Å². The number of carbonyl (C=O) groups excluding carboxylic acids is 4. The summed E-state index contributed by atoms with van der Waals surface area (Å²) in [6, 6.07) is 4.36. The average Bonchev–Trinajstić information content (AvgIpc) is 3.24. The van der Waals surface area contributed by atoms with E-state index in [-0.39, 0.29) is 34.3 Å². The second-order valence-corrected chi connectivity index (χ2v) is 13.8. The van der Waals surface area contributed by atoms with Crippen LogP contribution in [0.4, 0.5) is 4.79 Å². The second-order valence-electron chi connectivity index (χ2n) is 13.8. The Bertz CT molecular complexity index is 1520. The third kappa shape index (κ3) is 4.60. The van der Waals surface area contributed by atoms with Crippen LogP contribution in [0.1, 0.15) is 64.9 Å². The van der Waals surface area contributed by atoms with Crippen molar-refractivity contribution < 1.29 is 33.4 Å². The Hall–Kier alpha value is -4.15.